The van der Waals surface area contributed by atoms with Crippen molar-refractivity contribution in [2.24, 2.45) is 11.7 Å². The fourth-order valence-electron chi connectivity index (χ4n) is 1.72. The van der Waals surface area contributed by atoms with E-state index < -0.39 is 0 Å². The number of hydrogen-bond acceptors (Lipinski definition) is 5. The van der Waals surface area contributed by atoms with Crippen molar-refractivity contribution in [3.05, 3.63) is 41.5 Å². The van der Waals surface area contributed by atoms with E-state index in [1.165, 1.54) is 10.5 Å². The average Bonchev–Trinajstić information content (AvgIpc) is 2.92. The van der Waals surface area contributed by atoms with Crippen LogP contribution in [-0.2, 0) is 12.2 Å². The highest BCUT2D eigenvalue weighted by molar-refractivity contribution is 7.98. The lowest BCUT2D eigenvalue weighted by Gasteiger charge is -2.03. The molecule has 2 N–H and O–H groups in total. The highest BCUT2D eigenvalue weighted by Gasteiger charge is 2.08. The van der Waals surface area contributed by atoms with Crippen molar-refractivity contribution in [3.8, 4) is 0 Å². The molecule has 0 radical (unpaired) electrons. The van der Waals surface area contributed by atoms with Gasteiger partial charge in [-0.1, -0.05) is 29.8 Å². The van der Waals surface area contributed by atoms with E-state index in [-0.39, 0.29) is 0 Å². The molecule has 1 aromatic carbocycles. The second-order valence-corrected chi connectivity index (χ2v) is 6.13. The van der Waals surface area contributed by atoms with Crippen LogP contribution in [-0.4, -0.2) is 16.7 Å². The summed E-state index contributed by atoms with van der Waals surface area (Å²) in [6.45, 7) is 4.91. The first-order chi connectivity index (χ1) is 9.67. The van der Waals surface area contributed by atoms with Gasteiger partial charge in [-0.3, -0.25) is 0 Å². The Bertz CT molecular complexity index is 524. The molecule has 0 aliphatic carbocycles. The highest BCUT2D eigenvalue weighted by atomic mass is 32.2. The first-order valence-electron chi connectivity index (χ1n) is 6.88. The zero-order chi connectivity index (χ0) is 14.4. The molecule has 5 heteroatoms. The Morgan fingerprint density at radius 3 is 2.75 bits per heavy atom. The molecule has 0 aliphatic heterocycles. The second-order valence-electron chi connectivity index (χ2n) is 5.09. The van der Waals surface area contributed by atoms with Crippen LogP contribution in [0.25, 0.3) is 0 Å². The zero-order valence-electron chi connectivity index (χ0n) is 12.0. The van der Waals surface area contributed by atoms with Gasteiger partial charge in [0.15, 0.2) is 5.82 Å². The molecule has 0 aliphatic rings. The van der Waals surface area contributed by atoms with Crippen molar-refractivity contribution in [3.63, 3.8) is 0 Å². The molecule has 1 aromatic heterocycles. The summed E-state index contributed by atoms with van der Waals surface area (Å²) in [6, 6.07) is 8.45. The number of thioether (sulfide) groups is 1. The van der Waals surface area contributed by atoms with E-state index in [2.05, 4.69) is 48.3 Å². The first-order valence-corrected chi connectivity index (χ1v) is 7.87. The number of aryl methyl sites for hydroxylation is 2. The Balaban J connectivity index is 1.82. The maximum Gasteiger partial charge on any atom is 0.226 e. The third-order valence-corrected chi connectivity index (χ3v) is 4.16. The fraction of sp³-hybridized carbons (Fsp3) is 0.467. The van der Waals surface area contributed by atoms with Crippen LogP contribution < -0.4 is 5.73 Å². The largest absolute Gasteiger partial charge is 0.339 e. The molecule has 2 rings (SSSR count). The van der Waals surface area contributed by atoms with Crippen molar-refractivity contribution < 1.29 is 4.52 Å². The van der Waals surface area contributed by atoms with Crippen molar-refractivity contribution in [2.75, 3.05) is 6.54 Å². The van der Waals surface area contributed by atoms with E-state index in [4.69, 9.17) is 10.3 Å². The van der Waals surface area contributed by atoms with Gasteiger partial charge in [0.05, 0.1) is 5.75 Å². The van der Waals surface area contributed by atoms with E-state index in [0.717, 1.165) is 24.4 Å². The quantitative estimate of drug-likeness (QED) is 0.794. The molecule has 20 heavy (non-hydrogen) atoms. The topological polar surface area (TPSA) is 64.9 Å². The number of rotatable bonds is 7. The molecular weight excluding hydrogens is 270 g/mol. The summed E-state index contributed by atoms with van der Waals surface area (Å²) in [6.07, 6.45) is 1.80. The smallest absolute Gasteiger partial charge is 0.226 e. The lowest BCUT2D eigenvalue weighted by atomic mass is 10.1. The molecule has 0 amide bonds. The molecule has 4 nitrogen and oxygen atoms in total. The van der Waals surface area contributed by atoms with Gasteiger partial charge in [0.2, 0.25) is 5.89 Å². The van der Waals surface area contributed by atoms with E-state index in [9.17, 15) is 0 Å². The predicted octanol–water partition coefficient (Wildman–Crippen LogP) is 3.20. The van der Waals surface area contributed by atoms with Gasteiger partial charge in [0.25, 0.3) is 0 Å². The minimum Gasteiger partial charge on any atom is -0.339 e. The van der Waals surface area contributed by atoms with Crippen LogP contribution in [0, 0.1) is 12.8 Å². The zero-order valence-corrected chi connectivity index (χ0v) is 12.8. The minimum atomic E-state index is 0.493. The summed E-state index contributed by atoms with van der Waals surface area (Å²) in [7, 11) is 0. The van der Waals surface area contributed by atoms with Crippen molar-refractivity contribution in [1.82, 2.24) is 10.1 Å². The fourth-order valence-corrected chi connectivity index (χ4v) is 2.46. The van der Waals surface area contributed by atoms with Crippen LogP contribution in [0.1, 0.15) is 30.6 Å². The molecule has 1 atom stereocenters. The maximum atomic E-state index is 5.59. The van der Waals surface area contributed by atoms with Gasteiger partial charge < -0.3 is 10.3 Å². The van der Waals surface area contributed by atoms with Crippen LogP contribution in [0.15, 0.2) is 33.7 Å². The molecule has 0 bridgehead atoms. The van der Waals surface area contributed by atoms with Gasteiger partial charge in [-0.2, -0.15) is 4.98 Å². The first kappa shape index (κ1) is 15.1. The van der Waals surface area contributed by atoms with Gasteiger partial charge in [0, 0.05) is 11.3 Å². The second kappa shape index (κ2) is 7.45. The van der Waals surface area contributed by atoms with Gasteiger partial charge in [-0.15, -0.1) is 11.8 Å². The highest BCUT2D eigenvalue weighted by Crippen LogP contribution is 2.22. The number of aromatic nitrogens is 2. The summed E-state index contributed by atoms with van der Waals surface area (Å²) in [5.41, 5.74) is 6.86. The minimum absolute atomic E-state index is 0.493. The number of nitrogens with two attached hydrogens (primary N) is 1. The lowest BCUT2D eigenvalue weighted by molar-refractivity contribution is 0.362. The van der Waals surface area contributed by atoms with Gasteiger partial charge in [-0.05, 0) is 37.9 Å². The standard InChI is InChI=1S/C15H21N3OS/c1-11-3-6-13(7-4-11)20-10-14-17-15(19-18-14)8-5-12(2)9-16/h3-4,6-7,12H,5,8-10,16H2,1-2H3. The molecule has 108 valence electrons. The van der Waals surface area contributed by atoms with Crippen LogP contribution in [0.5, 0.6) is 0 Å². The SMILES string of the molecule is Cc1ccc(SCc2noc(CCC(C)CN)n2)cc1. The van der Waals surface area contributed by atoms with Crippen LogP contribution >= 0.6 is 11.8 Å². The molecule has 1 heterocycles. The molecular formula is C15H21N3OS. The third-order valence-electron chi connectivity index (χ3n) is 3.15. The molecule has 0 fully saturated rings. The Morgan fingerprint density at radius 1 is 1.30 bits per heavy atom. The van der Waals surface area contributed by atoms with Crippen LogP contribution in [0.3, 0.4) is 0 Å². The van der Waals surface area contributed by atoms with Crippen LogP contribution in [0.4, 0.5) is 0 Å². The number of benzene rings is 1. The van der Waals surface area contributed by atoms with Gasteiger partial charge in [-0.25, -0.2) is 0 Å². The summed E-state index contributed by atoms with van der Waals surface area (Å²) in [4.78, 5) is 5.63. The summed E-state index contributed by atoms with van der Waals surface area (Å²) in [5.74, 6) is 2.70. The molecule has 0 spiro atoms. The van der Waals surface area contributed by atoms with E-state index in [1.807, 2.05) is 0 Å². The van der Waals surface area contributed by atoms with E-state index in [1.54, 1.807) is 11.8 Å². The Labute approximate surface area is 124 Å². The summed E-state index contributed by atoms with van der Waals surface area (Å²) >= 11 is 1.72. The van der Waals surface area contributed by atoms with Crippen molar-refractivity contribution >= 4 is 11.8 Å². The number of hydrogen-bond donors (Lipinski definition) is 1. The predicted molar refractivity (Wildman–Crippen MR) is 81.6 cm³/mol. The van der Waals surface area contributed by atoms with Gasteiger partial charge in [0.1, 0.15) is 0 Å². The lowest BCUT2D eigenvalue weighted by Crippen LogP contribution is -2.11. The summed E-state index contributed by atoms with van der Waals surface area (Å²) in [5, 5.41) is 4.01. The van der Waals surface area contributed by atoms with Crippen molar-refractivity contribution in [1.29, 1.82) is 0 Å². The Kier molecular flexibility index (Phi) is 5.61. The Morgan fingerprint density at radius 2 is 2.05 bits per heavy atom. The maximum absolute atomic E-state index is 5.59. The molecule has 0 saturated heterocycles. The normalized spacial score (nSPS) is 12.6. The van der Waals surface area contributed by atoms with Gasteiger partial charge >= 0.3 is 0 Å². The van der Waals surface area contributed by atoms with Crippen molar-refractivity contribution in [2.45, 2.75) is 37.3 Å². The van der Waals surface area contributed by atoms with E-state index >= 15 is 0 Å². The average molecular weight is 291 g/mol. The Hall–Kier alpha value is -1.33. The monoisotopic (exact) mass is 291 g/mol. The summed E-state index contributed by atoms with van der Waals surface area (Å²) < 4.78 is 5.25. The van der Waals surface area contributed by atoms with Crippen LogP contribution in [0.2, 0.25) is 0 Å². The van der Waals surface area contributed by atoms with E-state index in [0.29, 0.717) is 18.4 Å². The molecule has 1 unspecified atom stereocenters. The molecule has 0 saturated carbocycles. The molecule has 2 aromatic rings. The third kappa shape index (κ3) is 4.65. The number of nitrogens with zero attached hydrogens (tertiary/aromatic N) is 2.